The Balaban J connectivity index is 0.000000370. The molecule has 0 unspecified atom stereocenters. The fourth-order valence-electron chi connectivity index (χ4n) is 3.54. The molecule has 0 spiro atoms. The largest absolute Gasteiger partial charge is 0.490 e. The van der Waals surface area contributed by atoms with Gasteiger partial charge in [0.1, 0.15) is 5.76 Å². The van der Waals surface area contributed by atoms with Crippen molar-refractivity contribution < 1.29 is 37.1 Å². The molecule has 2 aliphatic rings. The van der Waals surface area contributed by atoms with Crippen LogP contribution in [0.1, 0.15) is 29.9 Å². The van der Waals surface area contributed by atoms with Gasteiger partial charge in [0, 0.05) is 45.2 Å². The molecule has 3 atom stereocenters. The first-order chi connectivity index (χ1) is 13.4. The predicted molar refractivity (Wildman–Crippen MR) is 95.0 cm³/mol. The maximum atomic E-state index is 11.8. The lowest BCUT2D eigenvalue weighted by molar-refractivity contribution is -0.192. The summed E-state index contributed by atoms with van der Waals surface area (Å²) in [5.41, 5.74) is 2.17. The lowest BCUT2D eigenvalue weighted by atomic mass is 10.0. The summed E-state index contributed by atoms with van der Waals surface area (Å²) >= 11 is 0. The highest BCUT2D eigenvalue weighted by molar-refractivity contribution is 5.76. The number of aryl methyl sites for hydroxylation is 2. The van der Waals surface area contributed by atoms with E-state index in [0.717, 1.165) is 37.5 Å². The molecule has 164 valence electrons. The van der Waals surface area contributed by atoms with Crippen molar-refractivity contribution in [2.24, 2.45) is 5.92 Å². The van der Waals surface area contributed by atoms with Gasteiger partial charge in [0.2, 0.25) is 5.91 Å². The number of aromatic nitrogens is 1. The molecule has 3 rings (SSSR count). The molecule has 3 heterocycles. The number of carboxylic acids is 1. The zero-order valence-electron chi connectivity index (χ0n) is 16.8. The molecule has 0 radical (unpaired) electrons. The van der Waals surface area contributed by atoms with E-state index >= 15 is 0 Å². The fourth-order valence-corrected chi connectivity index (χ4v) is 3.54. The molecule has 0 aliphatic carbocycles. The third-order valence-electron chi connectivity index (χ3n) is 5.10. The second-order valence-electron chi connectivity index (χ2n) is 7.58. The second kappa shape index (κ2) is 9.12. The highest BCUT2D eigenvalue weighted by atomic mass is 19.4. The van der Waals surface area contributed by atoms with E-state index in [1.54, 1.807) is 19.0 Å². The molecule has 2 aliphatic heterocycles. The van der Waals surface area contributed by atoms with Gasteiger partial charge < -0.3 is 19.3 Å². The van der Waals surface area contributed by atoms with Crippen LogP contribution in [0.15, 0.2) is 4.52 Å². The Labute approximate surface area is 166 Å². The number of carboxylic acid groups (broad SMARTS) is 1. The van der Waals surface area contributed by atoms with Gasteiger partial charge in [-0.15, -0.1) is 0 Å². The van der Waals surface area contributed by atoms with Crippen molar-refractivity contribution in [1.29, 1.82) is 0 Å². The second-order valence-corrected chi connectivity index (χ2v) is 7.58. The van der Waals surface area contributed by atoms with E-state index in [0.29, 0.717) is 12.3 Å². The van der Waals surface area contributed by atoms with Crippen molar-refractivity contribution in [3.63, 3.8) is 0 Å². The Morgan fingerprint density at radius 1 is 1.28 bits per heavy atom. The number of hydrogen-bond acceptors (Lipinski definition) is 6. The van der Waals surface area contributed by atoms with Gasteiger partial charge in [-0.25, -0.2) is 4.79 Å². The third kappa shape index (κ3) is 6.17. The summed E-state index contributed by atoms with van der Waals surface area (Å²) in [7, 11) is 3.59. The van der Waals surface area contributed by atoms with Gasteiger partial charge in [0.05, 0.1) is 24.3 Å². The molecule has 11 heteroatoms. The van der Waals surface area contributed by atoms with E-state index in [9.17, 15) is 18.0 Å². The summed E-state index contributed by atoms with van der Waals surface area (Å²) in [6.07, 6.45) is -3.24. The SMILES string of the molecule is Cc1noc(C)c1CN1C[C@@H]2C[C@H](CC(=O)N(C)C)O[C@@H]2C1.O=C(O)C(F)(F)F. The van der Waals surface area contributed by atoms with E-state index in [2.05, 4.69) is 10.1 Å². The average molecular weight is 421 g/mol. The van der Waals surface area contributed by atoms with Gasteiger partial charge in [0.15, 0.2) is 0 Å². The molecule has 0 saturated carbocycles. The van der Waals surface area contributed by atoms with Crippen LogP contribution in [0.2, 0.25) is 0 Å². The molecule has 2 fully saturated rings. The lowest BCUT2D eigenvalue weighted by Crippen LogP contribution is -2.29. The predicted octanol–water partition coefficient (Wildman–Crippen LogP) is 1.99. The smallest absolute Gasteiger partial charge is 0.475 e. The van der Waals surface area contributed by atoms with E-state index in [-0.39, 0.29) is 18.1 Å². The highest BCUT2D eigenvalue weighted by Gasteiger charge is 2.42. The number of carbonyl (C=O) groups excluding carboxylic acids is 1. The molecule has 8 nitrogen and oxygen atoms in total. The average Bonchev–Trinajstić information content (AvgIpc) is 3.23. The number of rotatable bonds is 4. The molecular weight excluding hydrogens is 395 g/mol. The normalized spacial score (nSPS) is 24.0. The number of aliphatic carboxylic acids is 1. The summed E-state index contributed by atoms with van der Waals surface area (Å²) in [4.78, 5) is 24.7. The van der Waals surface area contributed by atoms with Gasteiger partial charge in [0.25, 0.3) is 0 Å². The number of likely N-dealkylation sites (tertiary alicyclic amines) is 1. The van der Waals surface area contributed by atoms with Gasteiger partial charge in [-0.1, -0.05) is 5.16 Å². The van der Waals surface area contributed by atoms with Gasteiger partial charge in [-0.2, -0.15) is 13.2 Å². The monoisotopic (exact) mass is 421 g/mol. The van der Waals surface area contributed by atoms with Crippen LogP contribution in [-0.4, -0.2) is 77.5 Å². The van der Waals surface area contributed by atoms with Crippen molar-refractivity contribution >= 4 is 11.9 Å². The van der Waals surface area contributed by atoms with Crippen molar-refractivity contribution in [3.05, 3.63) is 17.0 Å². The fraction of sp³-hybridized carbons (Fsp3) is 0.722. The number of alkyl halides is 3. The number of amides is 1. The Morgan fingerprint density at radius 2 is 1.90 bits per heavy atom. The van der Waals surface area contributed by atoms with E-state index in [4.69, 9.17) is 19.2 Å². The molecule has 2 saturated heterocycles. The molecule has 1 N–H and O–H groups in total. The number of nitrogens with zero attached hydrogens (tertiary/aromatic N) is 3. The first-order valence-electron chi connectivity index (χ1n) is 9.18. The Morgan fingerprint density at radius 3 is 2.34 bits per heavy atom. The quantitative estimate of drug-likeness (QED) is 0.794. The molecule has 29 heavy (non-hydrogen) atoms. The summed E-state index contributed by atoms with van der Waals surface area (Å²) in [6, 6.07) is 0. The molecular formula is C18H26F3N3O5. The van der Waals surface area contributed by atoms with Crippen LogP contribution >= 0.6 is 0 Å². The van der Waals surface area contributed by atoms with Gasteiger partial charge in [-0.05, 0) is 20.3 Å². The molecule has 1 amide bonds. The van der Waals surface area contributed by atoms with Crippen molar-refractivity contribution in [2.75, 3.05) is 27.2 Å². The van der Waals surface area contributed by atoms with Crippen LogP contribution < -0.4 is 0 Å². The van der Waals surface area contributed by atoms with Crippen molar-refractivity contribution in [1.82, 2.24) is 15.0 Å². The van der Waals surface area contributed by atoms with E-state index < -0.39 is 12.1 Å². The van der Waals surface area contributed by atoms with Crippen LogP contribution in [-0.2, 0) is 20.9 Å². The minimum atomic E-state index is -5.08. The minimum absolute atomic E-state index is 0.0890. The zero-order valence-corrected chi connectivity index (χ0v) is 16.8. The van der Waals surface area contributed by atoms with E-state index in [1.807, 2.05) is 13.8 Å². The van der Waals surface area contributed by atoms with Gasteiger partial charge >= 0.3 is 12.1 Å². The Bertz CT molecular complexity index is 701. The standard InChI is InChI=1S/C16H25N3O3.C2HF3O2/c1-10-14(11(2)22-17-10)8-19-7-12-5-13(21-15(12)9-19)6-16(20)18(3)4;3-2(4,5)1(6)7/h12-13,15H,5-9H2,1-4H3;(H,6,7)/t12-,13+,15+;/m0./s1. The summed E-state index contributed by atoms with van der Waals surface area (Å²) < 4.78 is 43.1. The molecule has 0 bridgehead atoms. The van der Waals surface area contributed by atoms with Crippen LogP contribution in [0, 0.1) is 19.8 Å². The van der Waals surface area contributed by atoms with Crippen LogP contribution in [0.5, 0.6) is 0 Å². The van der Waals surface area contributed by atoms with Crippen molar-refractivity contribution in [3.8, 4) is 0 Å². The number of hydrogen-bond donors (Lipinski definition) is 1. The Hall–Kier alpha value is -2.14. The third-order valence-corrected chi connectivity index (χ3v) is 5.10. The first-order valence-corrected chi connectivity index (χ1v) is 9.18. The maximum absolute atomic E-state index is 11.8. The summed E-state index contributed by atoms with van der Waals surface area (Å²) in [5.74, 6) is -1.16. The van der Waals surface area contributed by atoms with Crippen molar-refractivity contribution in [2.45, 2.75) is 51.6 Å². The number of fused-ring (bicyclic) bond motifs is 1. The molecule has 1 aromatic rings. The van der Waals surface area contributed by atoms with Crippen LogP contribution in [0.3, 0.4) is 0 Å². The highest BCUT2D eigenvalue weighted by Crippen LogP contribution is 2.35. The minimum Gasteiger partial charge on any atom is -0.475 e. The lowest BCUT2D eigenvalue weighted by Gasteiger charge is -2.19. The number of ether oxygens (including phenoxy) is 1. The van der Waals surface area contributed by atoms with Gasteiger partial charge in [-0.3, -0.25) is 9.69 Å². The zero-order chi connectivity index (χ0) is 21.9. The van der Waals surface area contributed by atoms with Crippen LogP contribution in [0.25, 0.3) is 0 Å². The maximum Gasteiger partial charge on any atom is 0.490 e. The molecule has 0 aromatic carbocycles. The number of carbonyl (C=O) groups is 2. The first kappa shape index (κ1) is 23.1. The summed E-state index contributed by atoms with van der Waals surface area (Å²) in [6.45, 7) is 6.79. The number of halogens is 3. The molecule has 1 aromatic heterocycles. The van der Waals surface area contributed by atoms with E-state index in [1.165, 1.54) is 5.56 Å². The van der Waals surface area contributed by atoms with Crippen LogP contribution in [0.4, 0.5) is 13.2 Å². The Kier molecular flexibility index (Phi) is 7.28. The summed E-state index contributed by atoms with van der Waals surface area (Å²) in [5, 5.41) is 11.1. The topological polar surface area (TPSA) is 96.1 Å².